The summed E-state index contributed by atoms with van der Waals surface area (Å²) in [5, 5.41) is 3.89. The van der Waals surface area contributed by atoms with Crippen molar-refractivity contribution in [2.75, 3.05) is 16.0 Å². The van der Waals surface area contributed by atoms with Crippen LogP contribution in [0.15, 0.2) is 35.7 Å². The molecule has 0 radical (unpaired) electrons. The van der Waals surface area contributed by atoms with Crippen molar-refractivity contribution in [2.45, 2.75) is 45.1 Å². The average molecular weight is 376 g/mol. The van der Waals surface area contributed by atoms with Gasteiger partial charge in [-0.05, 0) is 43.2 Å². The van der Waals surface area contributed by atoms with Crippen molar-refractivity contribution in [1.82, 2.24) is 0 Å². The first-order chi connectivity index (χ1) is 12.4. The van der Waals surface area contributed by atoms with Crippen LogP contribution < -0.4 is 10.2 Å². The quantitative estimate of drug-likeness (QED) is 0.876. The van der Waals surface area contributed by atoms with Gasteiger partial charge >= 0.3 is 0 Å². The summed E-state index contributed by atoms with van der Waals surface area (Å²) >= 11 is 0. The highest BCUT2D eigenvalue weighted by atomic mass is 32.2. The van der Waals surface area contributed by atoms with Crippen molar-refractivity contribution < 1.29 is 18.0 Å². The van der Waals surface area contributed by atoms with Crippen molar-refractivity contribution in [3.63, 3.8) is 0 Å². The predicted octanol–water partition coefficient (Wildman–Crippen LogP) is 2.87. The van der Waals surface area contributed by atoms with Gasteiger partial charge in [-0.25, -0.2) is 8.42 Å². The summed E-state index contributed by atoms with van der Waals surface area (Å²) in [4.78, 5) is 26.0. The third kappa shape index (κ3) is 4.33. The maximum Gasteiger partial charge on any atom is 0.230 e. The molecule has 1 aromatic carbocycles. The molecule has 0 spiro atoms. The molecule has 0 bridgehead atoms. The summed E-state index contributed by atoms with van der Waals surface area (Å²) in [5.74, 6) is -0.323. The van der Waals surface area contributed by atoms with Gasteiger partial charge in [0.05, 0.1) is 11.8 Å². The van der Waals surface area contributed by atoms with E-state index in [1.165, 1.54) is 12.3 Å². The molecule has 1 heterocycles. The smallest absolute Gasteiger partial charge is 0.230 e. The van der Waals surface area contributed by atoms with Gasteiger partial charge in [0.1, 0.15) is 0 Å². The van der Waals surface area contributed by atoms with Gasteiger partial charge in [0.15, 0.2) is 9.84 Å². The summed E-state index contributed by atoms with van der Waals surface area (Å²) < 4.78 is 23.8. The Kier molecular flexibility index (Phi) is 5.46. The highest BCUT2D eigenvalue weighted by Crippen LogP contribution is 2.31. The van der Waals surface area contributed by atoms with Crippen LogP contribution in [0.4, 0.5) is 11.4 Å². The molecule has 7 heteroatoms. The molecule has 3 rings (SSSR count). The Labute approximate surface area is 154 Å². The molecule has 0 aromatic heterocycles. The number of nitrogens with one attached hydrogen (secondary N) is 1. The number of anilines is 2. The Morgan fingerprint density at radius 2 is 1.73 bits per heavy atom. The van der Waals surface area contributed by atoms with E-state index in [-0.39, 0.29) is 23.5 Å². The number of nitrogens with zero attached hydrogens (tertiary/aromatic N) is 1. The van der Waals surface area contributed by atoms with Gasteiger partial charge in [0.25, 0.3) is 0 Å². The Hall–Kier alpha value is -2.15. The van der Waals surface area contributed by atoms with Crippen LogP contribution in [-0.4, -0.2) is 32.0 Å². The predicted molar refractivity (Wildman–Crippen MR) is 102 cm³/mol. The highest BCUT2D eigenvalue weighted by Gasteiger charge is 2.35. The summed E-state index contributed by atoms with van der Waals surface area (Å²) in [6, 6.07) is 6.48. The van der Waals surface area contributed by atoms with E-state index in [4.69, 9.17) is 0 Å². The van der Waals surface area contributed by atoms with E-state index in [0.717, 1.165) is 32.1 Å². The zero-order chi connectivity index (χ0) is 18.7. The van der Waals surface area contributed by atoms with Crippen LogP contribution in [-0.2, 0) is 19.4 Å². The van der Waals surface area contributed by atoms with Gasteiger partial charge in [0, 0.05) is 29.6 Å². The summed E-state index contributed by atoms with van der Waals surface area (Å²) in [5.41, 5.74) is 1.29. The number of sulfone groups is 1. The average Bonchev–Trinajstić information content (AvgIpc) is 2.96. The van der Waals surface area contributed by atoms with Crippen molar-refractivity contribution in [3.05, 3.63) is 35.7 Å². The Morgan fingerprint density at radius 1 is 1.08 bits per heavy atom. The van der Waals surface area contributed by atoms with Gasteiger partial charge in [-0.15, -0.1) is 0 Å². The van der Waals surface area contributed by atoms with E-state index in [9.17, 15) is 18.0 Å². The maximum absolute atomic E-state index is 13.2. The van der Waals surface area contributed by atoms with Gasteiger partial charge in [-0.2, -0.15) is 0 Å². The van der Waals surface area contributed by atoms with Gasteiger partial charge in [-0.3, -0.25) is 9.59 Å². The SMILES string of the molecule is CC(=O)Nc1ccc(N(C(=O)C2CCCCC2)C2C=CS(=O)(=O)C2)cc1. The van der Waals surface area contributed by atoms with E-state index in [0.29, 0.717) is 11.4 Å². The Morgan fingerprint density at radius 3 is 2.27 bits per heavy atom. The minimum atomic E-state index is -3.27. The first-order valence-corrected chi connectivity index (χ1v) is 10.7. The minimum Gasteiger partial charge on any atom is -0.326 e. The van der Waals surface area contributed by atoms with Gasteiger partial charge < -0.3 is 10.2 Å². The lowest BCUT2D eigenvalue weighted by atomic mass is 9.88. The number of hydrogen-bond acceptors (Lipinski definition) is 4. The van der Waals surface area contributed by atoms with E-state index >= 15 is 0 Å². The molecule has 0 saturated heterocycles. The van der Waals surface area contributed by atoms with E-state index in [1.807, 2.05) is 0 Å². The second-order valence-corrected chi connectivity index (χ2v) is 8.93. The minimum absolute atomic E-state index is 0.0104. The number of benzene rings is 1. The van der Waals surface area contributed by atoms with Crippen LogP contribution in [0.3, 0.4) is 0 Å². The summed E-state index contributed by atoms with van der Waals surface area (Å²) in [6.07, 6.45) is 6.50. The van der Waals surface area contributed by atoms with Crippen molar-refractivity contribution in [3.8, 4) is 0 Å². The standard InChI is InChI=1S/C19H24N2O4S/c1-14(22)20-16-7-9-17(10-8-16)21(18-11-12-26(24,25)13-18)19(23)15-5-3-2-4-6-15/h7-12,15,18H,2-6,13H2,1H3,(H,20,22). The Balaban J connectivity index is 1.88. The Bertz CT molecular complexity index is 808. The second-order valence-electron chi connectivity index (χ2n) is 7.00. The largest absolute Gasteiger partial charge is 0.326 e. The van der Waals surface area contributed by atoms with Crippen molar-refractivity contribution in [1.29, 1.82) is 0 Å². The fourth-order valence-electron chi connectivity index (χ4n) is 3.66. The second kappa shape index (κ2) is 7.61. The zero-order valence-electron chi connectivity index (χ0n) is 14.8. The molecular weight excluding hydrogens is 352 g/mol. The van der Waals surface area contributed by atoms with E-state index < -0.39 is 15.9 Å². The topological polar surface area (TPSA) is 83.6 Å². The number of rotatable bonds is 4. The van der Waals surface area contributed by atoms with Crippen LogP contribution >= 0.6 is 0 Å². The molecule has 1 unspecified atom stereocenters. The van der Waals surface area contributed by atoms with Crippen LogP contribution in [0.25, 0.3) is 0 Å². The molecule has 1 N–H and O–H groups in total. The molecule has 1 aliphatic carbocycles. The highest BCUT2D eigenvalue weighted by molar-refractivity contribution is 7.94. The molecule has 1 aromatic rings. The lowest BCUT2D eigenvalue weighted by molar-refractivity contribution is -0.123. The number of hydrogen-bond donors (Lipinski definition) is 1. The van der Waals surface area contributed by atoms with Gasteiger partial charge in [0.2, 0.25) is 11.8 Å². The van der Waals surface area contributed by atoms with Gasteiger partial charge in [-0.1, -0.05) is 19.3 Å². The zero-order valence-corrected chi connectivity index (χ0v) is 15.7. The molecule has 6 nitrogen and oxygen atoms in total. The normalized spacial score (nSPS) is 22.1. The molecule has 2 amide bonds. The molecule has 1 saturated carbocycles. The fourth-order valence-corrected chi connectivity index (χ4v) is 4.93. The number of amides is 2. The molecular formula is C19H24N2O4S. The van der Waals surface area contributed by atoms with Crippen molar-refractivity contribution in [2.24, 2.45) is 5.92 Å². The lowest BCUT2D eigenvalue weighted by Gasteiger charge is -2.32. The summed E-state index contributed by atoms with van der Waals surface area (Å²) in [6.45, 7) is 1.43. The van der Waals surface area contributed by atoms with Crippen molar-refractivity contribution >= 4 is 33.0 Å². The molecule has 1 fully saturated rings. The summed E-state index contributed by atoms with van der Waals surface area (Å²) in [7, 11) is -3.27. The third-order valence-corrected chi connectivity index (χ3v) is 6.28. The number of carbonyl (C=O) groups excluding carboxylic acids is 2. The molecule has 1 atom stereocenters. The van der Waals surface area contributed by atoms with Crippen LogP contribution in [0, 0.1) is 5.92 Å². The first kappa shape index (κ1) is 18.6. The molecule has 140 valence electrons. The van der Waals surface area contributed by atoms with Crippen LogP contribution in [0.5, 0.6) is 0 Å². The van der Waals surface area contributed by atoms with E-state index in [1.54, 1.807) is 35.2 Å². The fraction of sp³-hybridized carbons (Fsp3) is 0.474. The monoisotopic (exact) mass is 376 g/mol. The first-order valence-electron chi connectivity index (χ1n) is 8.97. The van der Waals surface area contributed by atoms with Crippen LogP contribution in [0.2, 0.25) is 0 Å². The lowest BCUT2D eigenvalue weighted by Crippen LogP contribution is -2.45. The third-order valence-electron chi connectivity index (χ3n) is 4.90. The van der Waals surface area contributed by atoms with E-state index in [2.05, 4.69) is 5.32 Å². The maximum atomic E-state index is 13.2. The van der Waals surface area contributed by atoms with Crippen LogP contribution in [0.1, 0.15) is 39.0 Å². The molecule has 2 aliphatic rings. The number of carbonyl (C=O) groups is 2. The molecule has 26 heavy (non-hydrogen) atoms. The molecule has 1 aliphatic heterocycles.